The fraction of sp³-hybridized carbons (Fsp3) is 1.00. The first kappa shape index (κ1) is 17.2. The van der Waals surface area contributed by atoms with Gasteiger partial charge in [-0.1, -0.05) is 58.8 Å². The molecule has 0 aliphatic rings. The van der Waals surface area contributed by atoms with Gasteiger partial charge in [-0.25, -0.2) is 0 Å². The molecule has 0 aromatic carbocycles. The van der Waals surface area contributed by atoms with E-state index in [1.54, 1.807) is 0 Å². The van der Waals surface area contributed by atoms with Gasteiger partial charge in [0.25, 0.3) is 0 Å². The lowest BCUT2D eigenvalue weighted by atomic mass is 10.0. The first-order valence-electron chi connectivity index (χ1n) is 7.56. The number of unbranched alkanes of at least 4 members (excludes halogenated alkanes) is 6. The lowest BCUT2D eigenvalue weighted by molar-refractivity contribution is 0.298. The highest BCUT2D eigenvalue weighted by molar-refractivity contribution is 6.69. The molecule has 2 heteroatoms. The smallest absolute Gasteiger partial charge is 0.183 e. The van der Waals surface area contributed by atoms with Crippen LogP contribution in [0.15, 0.2) is 0 Å². The van der Waals surface area contributed by atoms with Crippen LogP contribution in [0.25, 0.3) is 0 Å². The van der Waals surface area contributed by atoms with Crippen LogP contribution in [0.1, 0.15) is 65.2 Å². The standard InChI is InChI=1S/C15H34OSi/c1-15(2)13-11-9-7-6-8-10-12-14-16-17(3,4)5/h15H,6-14H2,1-5H3. The fourth-order valence-electron chi connectivity index (χ4n) is 1.92. The van der Waals surface area contributed by atoms with Gasteiger partial charge in [-0.05, 0) is 32.0 Å². The molecule has 0 N–H and O–H groups in total. The summed E-state index contributed by atoms with van der Waals surface area (Å²) in [6.45, 7) is 12.4. The minimum absolute atomic E-state index is 0.883. The Hall–Kier alpha value is 0.177. The molecular formula is C15H34OSi. The molecule has 17 heavy (non-hydrogen) atoms. The third-order valence-electron chi connectivity index (χ3n) is 2.96. The third-order valence-corrected chi connectivity index (χ3v) is 4.03. The quantitative estimate of drug-likeness (QED) is 0.345. The zero-order chi connectivity index (χ0) is 13.1. The lowest BCUT2D eigenvalue weighted by Crippen LogP contribution is -2.25. The van der Waals surface area contributed by atoms with Gasteiger partial charge < -0.3 is 4.43 Å². The van der Waals surface area contributed by atoms with E-state index in [1.807, 2.05) is 0 Å². The fourth-order valence-corrected chi connectivity index (χ4v) is 2.67. The molecule has 0 fully saturated rings. The van der Waals surface area contributed by atoms with Gasteiger partial charge in [-0.2, -0.15) is 0 Å². The summed E-state index contributed by atoms with van der Waals surface area (Å²) >= 11 is 0. The minimum Gasteiger partial charge on any atom is -0.418 e. The summed E-state index contributed by atoms with van der Waals surface area (Å²) in [5, 5.41) is 0. The average Bonchev–Trinajstić information content (AvgIpc) is 2.18. The molecule has 0 atom stereocenters. The molecule has 0 aromatic rings. The molecule has 0 bridgehead atoms. The van der Waals surface area contributed by atoms with Crippen molar-refractivity contribution >= 4 is 8.32 Å². The van der Waals surface area contributed by atoms with E-state index >= 15 is 0 Å². The van der Waals surface area contributed by atoms with Crippen LogP contribution in [0.3, 0.4) is 0 Å². The van der Waals surface area contributed by atoms with E-state index in [1.165, 1.54) is 51.4 Å². The summed E-state index contributed by atoms with van der Waals surface area (Å²) in [5.41, 5.74) is 0. The van der Waals surface area contributed by atoms with Gasteiger partial charge in [0.2, 0.25) is 0 Å². The van der Waals surface area contributed by atoms with Gasteiger partial charge in [0.05, 0.1) is 0 Å². The van der Waals surface area contributed by atoms with Gasteiger partial charge in [-0.15, -0.1) is 0 Å². The summed E-state index contributed by atoms with van der Waals surface area (Å²) in [5.74, 6) is 0.883. The maximum atomic E-state index is 5.84. The molecule has 104 valence electrons. The van der Waals surface area contributed by atoms with Crippen molar-refractivity contribution in [2.75, 3.05) is 6.61 Å². The molecule has 0 amide bonds. The second kappa shape index (κ2) is 10.1. The predicted molar refractivity (Wildman–Crippen MR) is 81.1 cm³/mol. The van der Waals surface area contributed by atoms with Crippen molar-refractivity contribution in [3.8, 4) is 0 Å². The van der Waals surface area contributed by atoms with E-state index < -0.39 is 8.32 Å². The zero-order valence-electron chi connectivity index (χ0n) is 12.8. The van der Waals surface area contributed by atoms with E-state index in [2.05, 4.69) is 33.5 Å². The maximum absolute atomic E-state index is 5.84. The van der Waals surface area contributed by atoms with Crippen molar-refractivity contribution in [1.29, 1.82) is 0 Å². The molecule has 0 spiro atoms. The number of rotatable bonds is 11. The summed E-state index contributed by atoms with van der Waals surface area (Å²) in [6.07, 6.45) is 11.1. The van der Waals surface area contributed by atoms with Crippen LogP contribution in [-0.2, 0) is 4.43 Å². The van der Waals surface area contributed by atoms with Gasteiger partial charge in [0.15, 0.2) is 8.32 Å². The van der Waals surface area contributed by atoms with Crippen LogP contribution in [0.5, 0.6) is 0 Å². The highest BCUT2D eigenvalue weighted by Gasteiger charge is 2.12. The SMILES string of the molecule is CC(C)CCCCCCCCCO[Si](C)(C)C. The van der Waals surface area contributed by atoms with Crippen molar-refractivity contribution in [3.05, 3.63) is 0 Å². The Kier molecular flexibility index (Phi) is 10.2. The maximum Gasteiger partial charge on any atom is 0.183 e. The van der Waals surface area contributed by atoms with Gasteiger partial charge in [0.1, 0.15) is 0 Å². The summed E-state index contributed by atoms with van der Waals surface area (Å²) in [4.78, 5) is 0. The minimum atomic E-state index is -1.25. The molecule has 0 saturated heterocycles. The van der Waals surface area contributed by atoms with E-state index in [0.717, 1.165) is 12.5 Å². The topological polar surface area (TPSA) is 9.23 Å². The van der Waals surface area contributed by atoms with Crippen LogP contribution in [0, 0.1) is 5.92 Å². The Morgan fingerprint density at radius 2 is 1.24 bits per heavy atom. The van der Waals surface area contributed by atoms with Gasteiger partial charge in [0, 0.05) is 6.61 Å². The molecule has 0 saturated carbocycles. The molecular weight excluding hydrogens is 224 g/mol. The second-order valence-electron chi connectivity index (χ2n) is 6.62. The number of hydrogen-bond acceptors (Lipinski definition) is 1. The number of hydrogen-bond donors (Lipinski definition) is 0. The first-order valence-corrected chi connectivity index (χ1v) is 11.0. The van der Waals surface area contributed by atoms with Crippen molar-refractivity contribution in [2.24, 2.45) is 5.92 Å². The zero-order valence-corrected chi connectivity index (χ0v) is 13.8. The molecule has 0 radical (unpaired) electrons. The molecule has 0 aliphatic carbocycles. The van der Waals surface area contributed by atoms with Crippen LogP contribution < -0.4 is 0 Å². The van der Waals surface area contributed by atoms with Crippen LogP contribution in [-0.4, -0.2) is 14.9 Å². The molecule has 0 rings (SSSR count). The lowest BCUT2D eigenvalue weighted by Gasteiger charge is -2.16. The molecule has 1 nitrogen and oxygen atoms in total. The largest absolute Gasteiger partial charge is 0.418 e. The van der Waals surface area contributed by atoms with Crippen molar-refractivity contribution in [3.63, 3.8) is 0 Å². The molecule has 0 aromatic heterocycles. The Balaban J connectivity index is 3.04. The normalized spacial score (nSPS) is 12.4. The average molecular weight is 259 g/mol. The van der Waals surface area contributed by atoms with Crippen LogP contribution >= 0.6 is 0 Å². The Bertz CT molecular complexity index is 161. The van der Waals surface area contributed by atoms with Crippen LogP contribution in [0.4, 0.5) is 0 Å². The van der Waals surface area contributed by atoms with Crippen LogP contribution in [0.2, 0.25) is 19.6 Å². The first-order chi connectivity index (χ1) is 7.92. The molecule has 0 unspecified atom stereocenters. The predicted octanol–water partition coefficient (Wildman–Crippen LogP) is 5.61. The van der Waals surface area contributed by atoms with E-state index in [-0.39, 0.29) is 0 Å². The Morgan fingerprint density at radius 1 is 0.765 bits per heavy atom. The van der Waals surface area contributed by atoms with Crippen molar-refractivity contribution in [1.82, 2.24) is 0 Å². The highest BCUT2D eigenvalue weighted by Crippen LogP contribution is 2.12. The Labute approximate surface area is 110 Å². The Morgan fingerprint density at radius 3 is 1.71 bits per heavy atom. The summed E-state index contributed by atoms with van der Waals surface area (Å²) in [6, 6.07) is 0. The summed E-state index contributed by atoms with van der Waals surface area (Å²) in [7, 11) is -1.25. The van der Waals surface area contributed by atoms with Gasteiger partial charge >= 0.3 is 0 Å². The molecule has 0 heterocycles. The van der Waals surface area contributed by atoms with E-state index in [0.29, 0.717) is 0 Å². The van der Waals surface area contributed by atoms with Crippen molar-refractivity contribution in [2.45, 2.75) is 84.9 Å². The van der Waals surface area contributed by atoms with Crippen molar-refractivity contribution < 1.29 is 4.43 Å². The highest BCUT2D eigenvalue weighted by atomic mass is 28.4. The monoisotopic (exact) mass is 258 g/mol. The summed E-state index contributed by atoms with van der Waals surface area (Å²) < 4.78 is 5.84. The van der Waals surface area contributed by atoms with E-state index in [9.17, 15) is 0 Å². The third kappa shape index (κ3) is 16.2. The van der Waals surface area contributed by atoms with Gasteiger partial charge in [-0.3, -0.25) is 0 Å². The van der Waals surface area contributed by atoms with E-state index in [4.69, 9.17) is 4.43 Å². The molecule has 0 aliphatic heterocycles. The second-order valence-corrected chi connectivity index (χ2v) is 11.1.